The first-order valence-electron chi connectivity index (χ1n) is 6.70. The Balaban J connectivity index is 2.66. The van der Waals surface area contributed by atoms with Crippen LogP contribution >= 0.6 is 0 Å². The summed E-state index contributed by atoms with van der Waals surface area (Å²) < 4.78 is 0. The van der Waals surface area contributed by atoms with Crippen molar-refractivity contribution in [3.8, 4) is 6.07 Å². The molecular formula is C15H19N3O3. The molecule has 0 aliphatic heterocycles. The van der Waals surface area contributed by atoms with Crippen molar-refractivity contribution in [2.24, 2.45) is 0 Å². The summed E-state index contributed by atoms with van der Waals surface area (Å²) >= 11 is 0. The quantitative estimate of drug-likeness (QED) is 0.804. The number of nitriles is 1. The molecule has 0 aromatic heterocycles. The second-order valence-electron chi connectivity index (χ2n) is 4.67. The van der Waals surface area contributed by atoms with Crippen LogP contribution in [0.5, 0.6) is 0 Å². The van der Waals surface area contributed by atoms with Crippen LogP contribution in [0, 0.1) is 11.3 Å². The minimum Gasteiger partial charge on any atom is -0.481 e. The molecule has 2 amide bonds. The molecule has 0 radical (unpaired) electrons. The van der Waals surface area contributed by atoms with Gasteiger partial charge in [-0.1, -0.05) is 30.3 Å². The van der Waals surface area contributed by atoms with Gasteiger partial charge in [-0.25, -0.2) is 4.79 Å². The van der Waals surface area contributed by atoms with Crippen molar-refractivity contribution in [3.05, 3.63) is 35.9 Å². The van der Waals surface area contributed by atoms with Crippen LogP contribution in [-0.4, -0.2) is 35.6 Å². The van der Waals surface area contributed by atoms with Crippen LogP contribution in [0.25, 0.3) is 0 Å². The Kier molecular flexibility index (Phi) is 6.75. The van der Waals surface area contributed by atoms with E-state index in [1.807, 2.05) is 30.3 Å². The molecule has 0 spiro atoms. The zero-order valence-electron chi connectivity index (χ0n) is 12.0. The number of benzene rings is 1. The number of carbonyl (C=O) groups is 2. The molecule has 1 aromatic rings. The third-order valence-electron chi connectivity index (χ3n) is 3.05. The molecule has 1 rings (SSSR count). The molecule has 6 heteroatoms. The number of carboxylic acids is 1. The fourth-order valence-corrected chi connectivity index (χ4v) is 1.84. The van der Waals surface area contributed by atoms with Gasteiger partial charge in [-0.3, -0.25) is 4.79 Å². The molecule has 0 aliphatic rings. The lowest BCUT2D eigenvalue weighted by molar-refractivity contribution is -0.137. The van der Waals surface area contributed by atoms with Gasteiger partial charge in [0.2, 0.25) is 0 Å². The first-order valence-corrected chi connectivity index (χ1v) is 6.70. The van der Waals surface area contributed by atoms with E-state index in [0.717, 1.165) is 5.56 Å². The first-order chi connectivity index (χ1) is 10.0. The van der Waals surface area contributed by atoms with Crippen LogP contribution in [0.15, 0.2) is 30.3 Å². The standard InChI is InChI=1S/C15H19N3O3/c1-18(11-9-14(19)20)15(21)17-13(8-5-10-16)12-6-3-2-4-7-12/h2-4,6-7,13H,5,8-9,11H2,1H3,(H,17,21)(H,19,20). The Morgan fingerprint density at radius 1 is 1.38 bits per heavy atom. The van der Waals surface area contributed by atoms with E-state index in [1.165, 1.54) is 4.90 Å². The number of nitrogens with zero attached hydrogens (tertiary/aromatic N) is 2. The van der Waals surface area contributed by atoms with Crippen molar-refractivity contribution in [3.63, 3.8) is 0 Å². The highest BCUT2D eigenvalue weighted by atomic mass is 16.4. The Morgan fingerprint density at radius 3 is 2.62 bits per heavy atom. The van der Waals surface area contributed by atoms with Crippen LogP contribution in [-0.2, 0) is 4.79 Å². The van der Waals surface area contributed by atoms with Crippen LogP contribution in [0.2, 0.25) is 0 Å². The van der Waals surface area contributed by atoms with E-state index >= 15 is 0 Å². The molecule has 1 aromatic carbocycles. The van der Waals surface area contributed by atoms with Crippen molar-refractivity contribution in [2.75, 3.05) is 13.6 Å². The minimum atomic E-state index is -0.946. The normalized spacial score (nSPS) is 11.2. The van der Waals surface area contributed by atoms with Gasteiger partial charge in [-0.05, 0) is 12.0 Å². The molecule has 21 heavy (non-hydrogen) atoms. The van der Waals surface area contributed by atoms with Gasteiger partial charge < -0.3 is 15.3 Å². The highest BCUT2D eigenvalue weighted by Crippen LogP contribution is 2.18. The lowest BCUT2D eigenvalue weighted by Crippen LogP contribution is -2.40. The number of nitrogens with one attached hydrogen (secondary N) is 1. The Labute approximate surface area is 124 Å². The molecule has 0 heterocycles. The van der Waals surface area contributed by atoms with E-state index in [4.69, 9.17) is 10.4 Å². The van der Waals surface area contributed by atoms with E-state index in [1.54, 1.807) is 7.05 Å². The summed E-state index contributed by atoms with van der Waals surface area (Å²) in [6, 6.07) is 10.9. The fraction of sp³-hybridized carbons (Fsp3) is 0.400. The predicted molar refractivity (Wildman–Crippen MR) is 77.4 cm³/mol. The van der Waals surface area contributed by atoms with Gasteiger partial charge >= 0.3 is 12.0 Å². The summed E-state index contributed by atoms with van der Waals surface area (Å²) in [5.41, 5.74) is 0.924. The number of carboxylic acid groups (broad SMARTS) is 1. The van der Waals surface area contributed by atoms with Crippen LogP contribution < -0.4 is 5.32 Å². The SMILES string of the molecule is CN(CCC(=O)O)C(=O)NC(CCC#N)c1ccccc1. The molecule has 0 bridgehead atoms. The summed E-state index contributed by atoms with van der Waals surface area (Å²) in [6.45, 7) is 0.140. The highest BCUT2D eigenvalue weighted by Gasteiger charge is 2.17. The molecular weight excluding hydrogens is 270 g/mol. The predicted octanol–water partition coefficient (Wildman–Crippen LogP) is 2.15. The van der Waals surface area contributed by atoms with E-state index in [-0.39, 0.29) is 25.0 Å². The van der Waals surface area contributed by atoms with Gasteiger partial charge in [-0.2, -0.15) is 5.26 Å². The molecule has 6 nitrogen and oxygen atoms in total. The number of rotatable bonds is 7. The number of hydrogen-bond acceptors (Lipinski definition) is 3. The van der Waals surface area contributed by atoms with Gasteiger partial charge in [0, 0.05) is 20.0 Å². The van der Waals surface area contributed by atoms with Gasteiger partial charge in [0.1, 0.15) is 0 Å². The maximum Gasteiger partial charge on any atom is 0.317 e. The Morgan fingerprint density at radius 2 is 2.05 bits per heavy atom. The van der Waals surface area contributed by atoms with E-state index in [0.29, 0.717) is 12.8 Å². The molecule has 0 saturated carbocycles. The third-order valence-corrected chi connectivity index (χ3v) is 3.05. The largest absolute Gasteiger partial charge is 0.481 e. The van der Waals surface area contributed by atoms with Crippen LogP contribution in [0.3, 0.4) is 0 Å². The summed E-state index contributed by atoms with van der Waals surface area (Å²) in [4.78, 5) is 23.9. The van der Waals surface area contributed by atoms with E-state index in [9.17, 15) is 9.59 Å². The topological polar surface area (TPSA) is 93.4 Å². The van der Waals surface area contributed by atoms with Gasteiger partial charge in [0.05, 0.1) is 18.5 Å². The van der Waals surface area contributed by atoms with Crippen molar-refractivity contribution >= 4 is 12.0 Å². The van der Waals surface area contributed by atoms with Crippen molar-refractivity contribution in [1.82, 2.24) is 10.2 Å². The molecule has 112 valence electrons. The molecule has 0 aliphatic carbocycles. The maximum absolute atomic E-state index is 12.0. The zero-order valence-corrected chi connectivity index (χ0v) is 12.0. The summed E-state index contributed by atoms with van der Waals surface area (Å²) in [5.74, 6) is -0.946. The maximum atomic E-state index is 12.0. The van der Waals surface area contributed by atoms with Crippen LogP contribution in [0.1, 0.15) is 30.9 Å². The molecule has 1 atom stereocenters. The average molecular weight is 289 g/mol. The number of amides is 2. The smallest absolute Gasteiger partial charge is 0.317 e. The van der Waals surface area contributed by atoms with Gasteiger partial charge in [0.15, 0.2) is 0 Å². The molecule has 1 unspecified atom stereocenters. The first kappa shape index (κ1) is 16.5. The lowest BCUT2D eigenvalue weighted by atomic mass is 10.0. The molecule has 0 fully saturated rings. The minimum absolute atomic E-state index is 0.0991. The number of carbonyl (C=O) groups excluding carboxylic acids is 1. The lowest BCUT2D eigenvalue weighted by Gasteiger charge is -2.23. The van der Waals surface area contributed by atoms with Gasteiger partial charge in [0.25, 0.3) is 0 Å². The number of hydrogen-bond donors (Lipinski definition) is 2. The Bertz CT molecular complexity index is 511. The van der Waals surface area contributed by atoms with Crippen molar-refractivity contribution in [2.45, 2.75) is 25.3 Å². The van der Waals surface area contributed by atoms with E-state index in [2.05, 4.69) is 11.4 Å². The van der Waals surface area contributed by atoms with Crippen LogP contribution in [0.4, 0.5) is 4.79 Å². The molecule has 0 saturated heterocycles. The third kappa shape index (κ3) is 5.95. The second kappa shape index (κ2) is 8.59. The summed E-state index contributed by atoms with van der Waals surface area (Å²) in [7, 11) is 1.55. The van der Waals surface area contributed by atoms with Crippen molar-refractivity contribution in [1.29, 1.82) is 5.26 Å². The van der Waals surface area contributed by atoms with Gasteiger partial charge in [-0.15, -0.1) is 0 Å². The zero-order chi connectivity index (χ0) is 15.7. The second-order valence-corrected chi connectivity index (χ2v) is 4.67. The highest BCUT2D eigenvalue weighted by molar-refractivity contribution is 5.75. The summed E-state index contributed by atoms with van der Waals surface area (Å²) in [6.07, 6.45) is 0.746. The molecule has 2 N–H and O–H groups in total. The van der Waals surface area contributed by atoms with Crippen molar-refractivity contribution < 1.29 is 14.7 Å². The number of urea groups is 1. The average Bonchev–Trinajstić information content (AvgIpc) is 2.49. The number of aliphatic carboxylic acids is 1. The Hall–Kier alpha value is -2.55. The summed E-state index contributed by atoms with van der Waals surface area (Å²) in [5, 5.41) is 20.2. The fourth-order valence-electron chi connectivity index (χ4n) is 1.84. The monoisotopic (exact) mass is 289 g/mol. The van der Waals surface area contributed by atoms with E-state index < -0.39 is 5.97 Å².